The van der Waals surface area contributed by atoms with Crippen LogP contribution in [0.25, 0.3) is 0 Å². The van der Waals surface area contributed by atoms with Crippen LogP contribution in [0.4, 0.5) is 0 Å². The first-order chi connectivity index (χ1) is 12.8. The van der Waals surface area contributed by atoms with Crippen LogP contribution in [0.15, 0.2) is 15.5 Å². The molecule has 0 saturated carbocycles. The van der Waals surface area contributed by atoms with Crippen LogP contribution in [0.3, 0.4) is 0 Å². The van der Waals surface area contributed by atoms with Gasteiger partial charge in [0.25, 0.3) is 0 Å². The van der Waals surface area contributed by atoms with Gasteiger partial charge in [-0.2, -0.15) is 0 Å². The molecule has 2 atom stereocenters. The van der Waals surface area contributed by atoms with Crippen molar-refractivity contribution in [1.29, 1.82) is 0 Å². The molecule has 1 aromatic heterocycles. The maximum Gasteiger partial charge on any atom is 0.237 e. The number of ether oxygens (including phenoxy) is 2. The molecule has 1 aliphatic heterocycles. The molecule has 2 heterocycles. The topological polar surface area (TPSA) is 49.7 Å². The second-order valence-corrected chi connectivity index (χ2v) is 16.2. The van der Waals surface area contributed by atoms with Crippen molar-refractivity contribution in [2.24, 2.45) is 5.41 Å². The molecule has 2 unspecified atom stereocenters. The lowest BCUT2D eigenvalue weighted by molar-refractivity contribution is -0.104. The van der Waals surface area contributed by atoms with Gasteiger partial charge >= 0.3 is 0 Å². The Morgan fingerprint density at radius 2 is 1.96 bits per heavy atom. The molecule has 0 saturated heterocycles. The van der Waals surface area contributed by atoms with Crippen LogP contribution in [0.5, 0.6) is 5.75 Å². The summed E-state index contributed by atoms with van der Waals surface area (Å²) in [5, 5.41) is 0.0484. The smallest absolute Gasteiger partial charge is 0.237 e. The molecule has 0 N–H and O–H groups in total. The van der Waals surface area contributed by atoms with Gasteiger partial charge in [-0.05, 0) is 34.1 Å². The van der Waals surface area contributed by atoms with Gasteiger partial charge in [0.15, 0.2) is 14.1 Å². The minimum Gasteiger partial charge on any atom is -0.491 e. The summed E-state index contributed by atoms with van der Waals surface area (Å²) in [6.07, 6.45) is 1.53. The molecule has 0 spiro atoms. The number of pyridine rings is 1. The maximum absolute atomic E-state index is 12.8. The predicted molar refractivity (Wildman–Crippen MR) is 128 cm³/mol. The summed E-state index contributed by atoms with van der Waals surface area (Å²) >= 11 is 5.72. The summed E-state index contributed by atoms with van der Waals surface area (Å²) in [6.45, 7) is 16.9. The Morgan fingerprint density at radius 1 is 1.36 bits per heavy atom. The quantitative estimate of drug-likeness (QED) is 0.250. The highest BCUT2D eigenvalue weighted by atomic mass is 127. The third kappa shape index (κ3) is 4.55. The van der Waals surface area contributed by atoms with E-state index in [-0.39, 0.29) is 28.1 Å². The number of aromatic nitrogens is 1. The van der Waals surface area contributed by atoms with Crippen molar-refractivity contribution in [3.8, 4) is 5.75 Å². The fourth-order valence-electron chi connectivity index (χ4n) is 3.31. The van der Waals surface area contributed by atoms with E-state index in [1.807, 2.05) is 6.20 Å². The Bertz CT molecular complexity index is 773. The molecule has 1 aliphatic rings. The fourth-order valence-corrected chi connectivity index (χ4v) is 5.35. The van der Waals surface area contributed by atoms with E-state index in [0.717, 1.165) is 10.1 Å². The van der Waals surface area contributed by atoms with Crippen molar-refractivity contribution in [3.05, 3.63) is 26.6 Å². The number of fused-ring (bicyclic) bond motifs is 1. The van der Waals surface area contributed by atoms with Gasteiger partial charge in [-0.25, -0.2) is 0 Å². The van der Waals surface area contributed by atoms with Gasteiger partial charge in [0.05, 0.1) is 36.1 Å². The Kier molecular flexibility index (Phi) is 7.56. The van der Waals surface area contributed by atoms with Crippen molar-refractivity contribution >= 4 is 46.8 Å². The predicted octanol–water partition coefficient (Wildman–Crippen LogP) is 5.54. The number of hydrogen-bond acceptors (Lipinski definition) is 4. The summed E-state index contributed by atoms with van der Waals surface area (Å²) < 4.78 is 22.3. The van der Waals surface area contributed by atoms with Crippen molar-refractivity contribution in [1.82, 2.24) is 4.57 Å². The van der Waals surface area contributed by atoms with Crippen LogP contribution < -0.4 is 10.2 Å². The van der Waals surface area contributed by atoms with E-state index in [9.17, 15) is 4.79 Å². The van der Waals surface area contributed by atoms with E-state index in [0.29, 0.717) is 23.4 Å². The lowest BCUT2D eigenvalue weighted by Crippen LogP contribution is -2.52. The van der Waals surface area contributed by atoms with E-state index in [4.69, 9.17) is 13.9 Å². The van der Waals surface area contributed by atoms with Crippen molar-refractivity contribution in [2.45, 2.75) is 71.5 Å². The molecule has 0 amide bonds. The molecular formula is C20H33BrINO4Si. The lowest BCUT2D eigenvalue weighted by Gasteiger charge is -2.50. The fraction of sp³-hybridized carbons (Fsp3) is 0.750. The summed E-state index contributed by atoms with van der Waals surface area (Å²) in [6, 6.07) is 0. The molecule has 28 heavy (non-hydrogen) atoms. The van der Waals surface area contributed by atoms with Gasteiger partial charge in [-0.15, -0.1) is 0 Å². The van der Waals surface area contributed by atoms with Crippen molar-refractivity contribution < 1.29 is 13.9 Å². The third-order valence-corrected chi connectivity index (χ3v) is 11.6. The van der Waals surface area contributed by atoms with Crippen LogP contribution in [-0.2, 0) is 15.7 Å². The van der Waals surface area contributed by atoms with Crippen LogP contribution in [0.2, 0.25) is 18.1 Å². The molecule has 5 nitrogen and oxygen atoms in total. The van der Waals surface area contributed by atoms with Crippen LogP contribution in [0, 0.1) is 5.41 Å². The molecule has 2 rings (SSSR count). The summed E-state index contributed by atoms with van der Waals surface area (Å²) in [5.41, 5.74) is 0.370. The van der Waals surface area contributed by atoms with Gasteiger partial charge in [-0.3, -0.25) is 4.79 Å². The third-order valence-electron chi connectivity index (χ3n) is 6.17. The molecule has 0 fully saturated rings. The molecule has 1 aromatic rings. The first-order valence-electron chi connectivity index (χ1n) is 9.60. The average Bonchev–Trinajstić information content (AvgIpc) is 2.57. The molecule has 8 heteroatoms. The van der Waals surface area contributed by atoms with Gasteiger partial charge in [-0.1, -0.05) is 57.2 Å². The normalized spacial score (nSPS) is 22.1. The number of methoxy groups -OCH3 is 1. The van der Waals surface area contributed by atoms with Gasteiger partial charge in [0.1, 0.15) is 0 Å². The summed E-state index contributed by atoms with van der Waals surface area (Å²) in [4.78, 5) is 12.8. The van der Waals surface area contributed by atoms with Crippen molar-refractivity contribution in [2.75, 3.05) is 18.1 Å². The number of rotatable bonds is 6. The number of hydrogen-bond donors (Lipinski definition) is 0. The van der Waals surface area contributed by atoms with Gasteiger partial charge < -0.3 is 18.5 Å². The Balaban J connectivity index is 2.69. The van der Waals surface area contributed by atoms with Crippen LogP contribution >= 0.6 is 38.5 Å². The molecular weight excluding hydrogens is 553 g/mol. The van der Waals surface area contributed by atoms with E-state index in [1.165, 1.54) is 0 Å². The van der Waals surface area contributed by atoms with Crippen LogP contribution in [-0.4, -0.2) is 37.1 Å². The van der Waals surface area contributed by atoms with E-state index in [2.05, 4.69) is 90.8 Å². The zero-order chi connectivity index (χ0) is 21.5. The van der Waals surface area contributed by atoms with E-state index < -0.39 is 8.32 Å². The van der Waals surface area contributed by atoms with Gasteiger partial charge in [0.2, 0.25) is 5.43 Å². The lowest BCUT2D eigenvalue weighted by atomic mass is 9.76. The summed E-state index contributed by atoms with van der Waals surface area (Å²) in [5.74, 6) is 0.360. The first-order valence-corrected chi connectivity index (χ1v) is 14.8. The SMILES string of the molecule is COc1c2n(cc(Br)c1=O)CC(OCCI)C(C)(C)C2O[Si](C)(C)C(C)(C)C. The maximum atomic E-state index is 12.8. The van der Waals surface area contributed by atoms with E-state index in [1.54, 1.807) is 7.11 Å². The summed E-state index contributed by atoms with van der Waals surface area (Å²) in [7, 11) is -0.562. The molecule has 0 bridgehead atoms. The zero-order valence-corrected chi connectivity index (χ0v) is 22.9. The largest absolute Gasteiger partial charge is 0.491 e. The molecule has 160 valence electrons. The Labute approximate surface area is 191 Å². The van der Waals surface area contributed by atoms with Gasteiger partial charge in [0, 0.05) is 22.6 Å². The second-order valence-electron chi connectivity index (χ2n) is 9.50. The number of nitrogens with zero attached hydrogens (tertiary/aromatic N) is 1. The van der Waals surface area contributed by atoms with Crippen LogP contribution in [0.1, 0.15) is 46.4 Å². The van der Waals surface area contributed by atoms with Crippen molar-refractivity contribution in [3.63, 3.8) is 0 Å². The first kappa shape index (κ1) is 24.4. The number of halogens is 2. The highest BCUT2D eigenvalue weighted by Gasteiger charge is 2.51. The average molecular weight is 586 g/mol. The Hall–Kier alpha value is 0.0969. The molecule has 0 aromatic carbocycles. The number of alkyl halides is 1. The van der Waals surface area contributed by atoms with E-state index >= 15 is 0 Å². The second kappa shape index (κ2) is 8.68. The standard InChI is InChI=1S/C20H33BrINO4Si/c1-19(2,3)28(7,8)27-18-15-17(25-6)16(24)13(21)11-23(15)12-14(20(18,4)5)26-10-9-22/h11,14,18H,9-10,12H2,1-8H3. The highest BCUT2D eigenvalue weighted by molar-refractivity contribution is 14.1. The highest BCUT2D eigenvalue weighted by Crippen LogP contribution is 2.51. The molecule has 0 aliphatic carbocycles. The Morgan fingerprint density at radius 3 is 2.46 bits per heavy atom. The minimum atomic E-state index is -2.12. The zero-order valence-electron chi connectivity index (χ0n) is 18.2. The molecule has 0 radical (unpaired) electrons. The minimum absolute atomic E-state index is 0.0244. The monoisotopic (exact) mass is 585 g/mol.